The lowest BCUT2D eigenvalue weighted by Gasteiger charge is -2.31. The minimum absolute atomic E-state index is 0.116. The normalized spacial score (nSPS) is 15.2. The molecule has 7 nitrogen and oxygen atoms in total. The molecule has 0 atom stereocenters. The third kappa shape index (κ3) is 5.42. The third-order valence-corrected chi connectivity index (χ3v) is 5.06. The van der Waals surface area contributed by atoms with E-state index >= 15 is 0 Å². The van der Waals surface area contributed by atoms with Gasteiger partial charge in [0, 0.05) is 43.3 Å². The second kappa shape index (κ2) is 9.34. The number of imidazole rings is 1. The Kier molecular flexibility index (Phi) is 6.16. The third-order valence-electron chi connectivity index (χ3n) is 5.06. The summed E-state index contributed by atoms with van der Waals surface area (Å²) in [6.45, 7) is 3.31. The maximum absolute atomic E-state index is 12.3. The van der Waals surface area contributed by atoms with Crippen LogP contribution < -0.4 is 10.1 Å². The Bertz CT molecular complexity index is 889. The maximum Gasteiger partial charge on any atom is 0.251 e. The van der Waals surface area contributed by atoms with E-state index in [0.717, 1.165) is 49.6 Å². The van der Waals surface area contributed by atoms with Gasteiger partial charge in [-0.05, 0) is 49.2 Å². The Morgan fingerprint density at radius 1 is 1.17 bits per heavy atom. The molecular weight excluding hydrogens is 366 g/mol. The molecule has 0 spiro atoms. The number of amides is 1. The molecule has 150 valence electrons. The standard InChI is InChI=1S/C22H25N5O2/c28-22(25-14-18-3-1-2-10-24-18)17-4-6-20(7-5-17)29-21-8-11-27(12-9-21)15-19-13-23-16-26-19/h1-7,10,13,16,21H,8-9,11-12,14-15H2,(H,23,26)(H,25,28). The Morgan fingerprint density at radius 3 is 2.69 bits per heavy atom. The van der Waals surface area contributed by atoms with Crippen LogP contribution in [-0.4, -0.2) is 45.0 Å². The van der Waals surface area contributed by atoms with Crippen molar-refractivity contribution in [2.45, 2.75) is 32.0 Å². The topological polar surface area (TPSA) is 83.1 Å². The number of aromatic nitrogens is 3. The van der Waals surface area contributed by atoms with Crippen LogP contribution in [0.25, 0.3) is 0 Å². The smallest absolute Gasteiger partial charge is 0.251 e. The number of benzene rings is 1. The van der Waals surface area contributed by atoms with Gasteiger partial charge in [0.2, 0.25) is 0 Å². The number of likely N-dealkylation sites (tertiary alicyclic amines) is 1. The van der Waals surface area contributed by atoms with Crippen molar-refractivity contribution in [2.24, 2.45) is 0 Å². The van der Waals surface area contributed by atoms with E-state index in [1.807, 2.05) is 36.5 Å². The molecule has 1 aliphatic heterocycles. The first-order valence-corrected chi connectivity index (χ1v) is 9.91. The van der Waals surface area contributed by atoms with Crippen molar-refractivity contribution in [3.05, 3.63) is 78.1 Å². The second-order valence-corrected chi connectivity index (χ2v) is 7.20. The summed E-state index contributed by atoms with van der Waals surface area (Å²) < 4.78 is 6.11. The van der Waals surface area contributed by atoms with Gasteiger partial charge in [-0.1, -0.05) is 6.07 Å². The van der Waals surface area contributed by atoms with E-state index in [2.05, 4.69) is 25.2 Å². The number of aromatic amines is 1. The number of pyridine rings is 1. The lowest BCUT2D eigenvalue weighted by molar-refractivity contribution is 0.0947. The van der Waals surface area contributed by atoms with Gasteiger partial charge in [0.15, 0.2) is 0 Å². The van der Waals surface area contributed by atoms with Crippen LogP contribution in [0, 0.1) is 0 Å². The zero-order valence-electron chi connectivity index (χ0n) is 16.3. The first kappa shape index (κ1) is 19.1. The minimum Gasteiger partial charge on any atom is -0.490 e. The van der Waals surface area contributed by atoms with Crippen LogP contribution in [0.1, 0.15) is 34.6 Å². The number of hydrogen-bond donors (Lipinski definition) is 2. The van der Waals surface area contributed by atoms with Gasteiger partial charge in [-0.15, -0.1) is 0 Å². The summed E-state index contributed by atoms with van der Waals surface area (Å²) in [5, 5.41) is 2.88. The van der Waals surface area contributed by atoms with Crippen LogP contribution in [0.5, 0.6) is 5.75 Å². The summed E-state index contributed by atoms with van der Waals surface area (Å²) in [4.78, 5) is 26.1. The molecule has 0 aliphatic carbocycles. The van der Waals surface area contributed by atoms with Crippen molar-refractivity contribution in [3.63, 3.8) is 0 Å². The maximum atomic E-state index is 12.3. The van der Waals surface area contributed by atoms with Crippen molar-refractivity contribution in [1.29, 1.82) is 0 Å². The monoisotopic (exact) mass is 391 g/mol. The number of carbonyl (C=O) groups is 1. The number of nitrogens with one attached hydrogen (secondary N) is 2. The van der Waals surface area contributed by atoms with Gasteiger partial charge >= 0.3 is 0 Å². The van der Waals surface area contributed by atoms with Crippen molar-refractivity contribution in [1.82, 2.24) is 25.2 Å². The molecule has 29 heavy (non-hydrogen) atoms. The predicted octanol–water partition coefficient (Wildman–Crippen LogP) is 2.78. The number of nitrogens with zero attached hydrogens (tertiary/aromatic N) is 3. The van der Waals surface area contributed by atoms with Crippen LogP contribution in [-0.2, 0) is 13.1 Å². The van der Waals surface area contributed by atoms with Crippen LogP contribution in [0.3, 0.4) is 0 Å². The molecule has 1 saturated heterocycles. The van der Waals surface area contributed by atoms with E-state index in [1.165, 1.54) is 0 Å². The molecule has 7 heteroatoms. The summed E-state index contributed by atoms with van der Waals surface area (Å²) >= 11 is 0. The van der Waals surface area contributed by atoms with Crippen molar-refractivity contribution < 1.29 is 9.53 Å². The van der Waals surface area contributed by atoms with Gasteiger partial charge in [-0.3, -0.25) is 14.7 Å². The largest absolute Gasteiger partial charge is 0.490 e. The van der Waals surface area contributed by atoms with E-state index in [0.29, 0.717) is 12.1 Å². The van der Waals surface area contributed by atoms with Crippen LogP contribution in [0.15, 0.2) is 61.2 Å². The molecule has 0 unspecified atom stereocenters. The first-order valence-electron chi connectivity index (χ1n) is 9.91. The van der Waals surface area contributed by atoms with Gasteiger partial charge in [0.1, 0.15) is 11.9 Å². The first-order chi connectivity index (χ1) is 14.3. The summed E-state index contributed by atoms with van der Waals surface area (Å²) in [5.74, 6) is 0.688. The van der Waals surface area contributed by atoms with Crippen molar-refractivity contribution in [2.75, 3.05) is 13.1 Å². The van der Waals surface area contributed by atoms with Crippen molar-refractivity contribution >= 4 is 5.91 Å². The van der Waals surface area contributed by atoms with E-state index in [4.69, 9.17) is 4.74 Å². The summed E-state index contributed by atoms with van der Waals surface area (Å²) in [6, 6.07) is 13.0. The molecule has 4 rings (SSSR count). The predicted molar refractivity (Wildman–Crippen MR) is 109 cm³/mol. The number of hydrogen-bond acceptors (Lipinski definition) is 5. The fourth-order valence-corrected chi connectivity index (χ4v) is 3.45. The highest BCUT2D eigenvalue weighted by Gasteiger charge is 2.21. The van der Waals surface area contributed by atoms with Gasteiger partial charge in [0.05, 0.1) is 18.6 Å². The fourth-order valence-electron chi connectivity index (χ4n) is 3.45. The van der Waals surface area contributed by atoms with E-state index in [-0.39, 0.29) is 12.0 Å². The molecule has 1 aliphatic rings. The number of piperidine rings is 1. The van der Waals surface area contributed by atoms with Crippen LogP contribution >= 0.6 is 0 Å². The minimum atomic E-state index is -0.116. The highest BCUT2D eigenvalue weighted by molar-refractivity contribution is 5.94. The zero-order valence-corrected chi connectivity index (χ0v) is 16.3. The number of H-pyrrole nitrogens is 1. The fraction of sp³-hybridized carbons (Fsp3) is 0.318. The Morgan fingerprint density at radius 2 is 2.00 bits per heavy atom. The van der Waals surface area contributed by atoms with Gasteiger partial charge in [-0.25, -0.2) is 4.98 Å². The molecule has 1 aromatic carbocycles. The Balaban J connectivity index is 1.23. The lowest BCUT2D eigenvalue weighted by atomic mass is 10.1. The highest BCUT2D eigenvalue weighted by atomic mass is 16.5. The summed E-state index contributed by atoms with van der Waals surface area (Å²) in [6.07, 6.45) is 7.48. The van der Waals surface area contributed by atoms with E-state index < -0.39 is 0 Å². The molecule has 2 N–H and O–H groups in total. The number of carbonyl (C=O) groups excluding carboxylic acids is 1. The Labute approximate surface area is 170 Å². The average Bonchev–Trinajstić information content (AvgIpc) is 3.28. The van der Waals surface area contributed by atoms with Gasteiger partial charge < -0.3 is 15.0 Å². The molecule has 1 fully saturated rings. The molecule has 3 heterocycles. The van der Waals surface area contributed by atoms with E-state index in [9.17, 15) is 4.79 Å². The summed E-state index contributed by atoms with van der Waals surface area (Å²) in [5.41, 5.74) is 2.59. The molecule has 0 radical (unpaired) electrons. The van der Waals surface area contributed by atoms with E-state index in [1.54, 1.807) is 24.7 Å². The zero-order chi connectivity index (χ0) is 19.9. The molecule has 3 aromatic rings. The SMILES string of the molecule is O=C(NCc1ccccn1)c1ccc(OC2CCN(Cc3cnc[nH]3)CC2)cc1. The van der Waals surface area contributed by atoms with Crippen molar-refractivity contribution in [3.8, 4) is 5.75 Å². The quantitative estimate of drug-likeness (QED) is 0.647. The highest BCUT2D eigenvalue weighted by Crippen LogP contribution is 2.20. The average molecular weight is 391 g/mol. The summed E-state index contributed by atoms with van der Waals surface area (Å²) in [7, 11) is 0. The lowest BCUT2D eigenvalue weighted by Crippen LogP contribution is -2.37. The molecule has 2 aromatic heterocycles. The van der Waals surface area contributed by atoms with Gasteiger partial charge in [-0.2, -0.15) is 0 Å². The number of rotatable bonds is 7. The molecule has 0 bridgehead atoms. The van der Waals surface area contributed by atoms with Crippen LogP contribution in [0.4, 0.5) is 0 Å². The molecule has 1 amide bonds. The number of ether oxygens (including phenoxy) is 1. The van der Waals surface area contributed by atoms with Crippen LogP contribution in [0.2, 0.25) is 0 Å². The molecular formula is C22H25N5O2. The second-order valence-electron chi connectivity index (χ2n) is 7.20. The Hall–Kier alpha value is -3.19. The van der Waals surface area contributed by atoms with Gasteiger partial charge in [0.25, 0.3) is 5.91 Å². The molecule has 0 saturated carbocycles.